The number of nitrogens with one attached hydrogen (secondary N) is 1. The first-order valence-electron chi connectivity index (χ1n) is 8.90. The molecule has 0 amide bonds. The number of methoxy groups -OCH3 is 1. The fraction of sp³-hybridized carbons (Fsp3) is 0.421. The smallest absolute Gasteiger partial charge is 0.145 e. The Kier molecular flexibility index (Phi) is 4.24. The van der Waals surface area contributed by atoms with Crippen molar-refractivity contribution in [2.75, 3.05) is 33.1 Å². The predicted molar refractivity (Wildman–Crippen MR) is 102 cm³/mol. The van der Waals surface area contributed by atoms with Gasteiger partial charge in [0.1, 0.15) is 22.9 Å². The fourth-order valence-corrected chi connectivity index (χ4v) is 3.71. The Labute approximate surface area is 153 Å². The van der Waals surface area contributed by atoms with E-state index in [-0.39, 0.29) is 0 Å². The summed E-state index contributed by atoms with van der Waals surface area (Å²) in [5.41, 5.74) is 3.90. The molecule has 3 aromatic rings. The van der Waals surface area contributed by atoms with E-state index in [9.17, 15) is 0 Å². The molecule has 0 spiro atoms. The van der Waals surface area contributed by atoms with Crippen LogP contribution in [0.2, 0.25) is 0 Å². The van der Waals surface area contributed by atoms with E-state index in [1.807, 2.05) is 31.4 Å². The summed E-state index contributed by atoms with van der Waals surface area (Å²) in [4.78, 5) is 7.01. The minimum absolute atomic E-state index is 0.339. The third kappa shape index (κ3) is 2.78. The molecule has 7 heteroatoms. The molecule has 0 bridgehead atoms. The first-order chi connectivity index (χ1) is 12.6. The van der Waals surface area contributed by atoms with E-state index in [1.54, 1.807) is 11.8 Å². The Morgan fingerprint density at radius 3 is 2.81 bits per heavy atom. The van der Waals surface area contributed by atoms with Gasteiger partial charge < -0.3 is 10.1 Å². The Morgan fingerprint density at radius 2 is 2.12 bits per heavy atom. The normalized spacial score (nSPS) is 17.8. The molecule has 1 unspecified atom stereocenters. The number of anilines is 1. The van der Waals surface area contributed by atoms with E-state index in [1.165, 1.54) is 6.42 Å². The van der Waals surface area contributed by atoms with Crippen molar-refractivity contribution in [2.45, 2.75) is 25.8 Å². The number of nitrogens with zero attached hydrogens (tertiary/aromatic N) is 5. The second-order valence-electron chi connectivity index (χ2n) is 6.84. The first kappa shape index (κ1) is 16.8. The van der Waals surface area contributed by atoms with Gasteiger partial charge in [-0.1, -0.05) is 5.21 Å². The Bertz CT molecular complexity index is 951. The lowest BCUT2D eigenvalue weighted by Gasteiger charge is -2.16. The average Bonchev–Trinajstić information content (AvgIpc) is 3.29. The van der Waals surface area contributed by atoms with Crippen LogP contribution in [0.3, 0.4) is 0 Å². The Morgan fingerprint density at radius 1 is 1.27 bits per heavy atom. The molecular weight excluding hydrogens is 328 g/mol. The zero-order chi connectivity index (χ0) is 18.3. The molecule has 2 aromatic heterocycles. The van der Waals surface area contributed by atoms with E-state index in [4.69, 9.17) is 4.74 Å². The van der Waals surface area contributed by atoms with Crippen LogP contribution in [0.1, 0.15) is 30.1 Å². The third-order valence-corrected chi connectivity index (χ3v) is 5.19. The average molecular weight is 352 g/mol. The molecule has 0 saturated carbocycles. The van der Waals surface area contributed by atoms with Crippen molar-refractivity contribution in [2.24, 2.45) is 0 Å². The van der Waals surface area contributed by atoms with Crippen molar-refractivity contribution in [1.82, 2.24) is 24.9 Å². The molecular formula is C19H24N6O. The molecule has 1 fully saturated rings. The van der Waals surface area contributed by atoms with E-state index < -0.39 is 0 Å². The van der Waals surface area contributed by atoms with Gasteiger partial charge in [0.15, 0.2) is 0 Å². The minimum Gasteiger partial charge on any atom is -0.494 e. The molecule has 1 N–H and O–H groups in total. The first-order valence-corrected chi connectivity index (χ1v) is 8.90. The van der Waals surface area contributed by atoms with Gasteiger partial charge >= 0.3 is 0 Å². The van der Waals surface area contributed by atoms with Crippen LogP contribution in [0.5, 0.6) is 5.75 Å². The number of pyridine rings is 1. The maximum atomic E-state index is 5.63. The van der Waals surface area contributed by atoms with Crippen molar-refractivity contribution >= 4 is 16.7 Å². The van der Waals surface area contributed by atoms with Gasteiger partial charge in [-0.3, -0.25) is 4.90 Å². The maximum absolute atomic E-state index is 5.63. The molecule has 0 radical (unpaired) electrons. The molecule has 136 valence electrons. The molecule has 0 aliphatic carbocycles. The van der Waals surface area contributed by atoms with Crippen molar-refractivity contribution in [1.29, 1.82) is 0 Å². The largest absolute Gasteiger partial charge is 0.494 e. The van der Waals surface area contributed by atoms with E-state index in [0.29, 0.717) is 6.04 Å². The third-order valence-electron chi connectivity index (χ3n) is 5.19. The van der Waals surface area contributed by atoms with E-state index >= 15 is 0 Å². The number of ether oxygens (including phenoxy) is 1. The van der Waals surface area contributed by atoms with Gasteiger partial charge in [0.2, 0.25) is 0 Å². The van der Waals surface area contributed by atoms with Crippen molar-refractivity contribution in [3.63, 3.8) is 0 Å². The van der Waals surface area contributed by atoms with Crippen LogP contribution in [-0.4, -0.2) is 52.6 Å². The molecule has 1 aromatic carbocycles. The van der Waals surface area contributed by atoms with Crippen molar-refractivity contribution in [3.8, 4) is 11.4 Å². The van der Waals surface area contributed by atoms with Crippen molar-refractivity contribution < 1.29 is 4.74 Å². The quantitative estimate of drug-likeness (QED) is 0.779. The van der Waals surface area contributed by atoms with Crippen LogP contribution < -0.4 is 10.1 Å². The zero-order valence-corrected chi connectivity index (χ0v) is 15.7. The second-order valence-corrected chi connectivity index (χ2v) is 6.84. The zero-order valence-electron chi connectivity index (χ0n) is 15.7. The highest BCUT2D eigenvalue weighted by atomic mass is 16.5. The lowest BCUT2D eigenvalue weighted by molar-refractivity contribution is 0.311. The second kappa shape index (κ2) is 6.57. The van der Waals surface area contributed by atoms with Crippen LogP contribution in [-0.2, 0) is 0 Å². The molecule has 3 heterocycles. The van der Waals surface area contributed by atoms with Gasteiger partial charge in [-0.25, -0.2) is 9.67 Å². The van der Waals surface area contributed by atoms with Crippen LogP contribution >= 0.6 is 0 Å². The summed E-state index contributed by atoms with van der Waals surface area (Å²) in [6.45, 7) is 3.18. The highest BCUT2D eigenvalue weighted by Crippen LogP contribution is 2.33. The lowest BCUT2D eigenvalue weighted by atomic mass is 10.1. The Balaban J connectivity index is 1.81. The highest BCUT2D eigenvalue weighted by Gasteiger charge is 2.25. The lowest BCUT2D eigenvalue weighted by Crippen LogP contribution is -2.17. The van der Waals surface area contributed by atoms with Crippen LogP contribution in [0.25, 0.3) is 16.6 Å². The Hall–Kier alpha value is -2.67. The number of aromatic nitrogens is 4. The number of rotatable bonds is 4. The van der Waals surface area contributed by atoms with Gasteiger partial charge in [0.05, 0.1) is 24.9 Å². The van der Waals surface area contributed by atoms with Crippen molar-refractivity contribution in [3.05, 3.63) is 35.7 Å². The maximum Gasteiger partial charge on any atom is 0.145 e. The summed E-state index contributed by atoms with van der Waals surface area (Å²) >= 11 is 0. The number of fused-ring (bicyclic) bond motifs is 1. The topological polar surface area (TPSA) is 68.1 Å². The molecule has 1 aliphatic heterocycles. The van der Waals surface area contributed by atoms with Gasteiger partial charge in [0, 0.05) is 12.4 Å². The molecule has 4 rings (SSSR count). The predicted octanol–water partition coefficient (Wildman–Crippen LogP) is 2.94. The van der Waals surface area contributed by atoms with Gasteiger partial charge in [-0.05, 0) is 57.1 Å². The van der Waals surface area contributed by atoms with Crippen LogP contribution in [0.4, 0.5) is 5.82 Å². The highest BCUT2D eigenvalue weighted by molar-refractivity contribution is 5.87. The number of aryl methyl sites for hydroxylation is 1. The summed E-state index contributed by atoms with van der Waals surface area (Å²) in [7, 11) is 5.69. The fourth-order valence-electron chi connectivity index (χ4n) is 3.71. The number of likely N-dealkylation sites (tertiary alicyclic amines) is 1. The molecule has 1 atom stereocenters. The van der Waals surface area contributed by atoms with E-state index in [0.717, 1.165) is 52.4 Å². The summed E-state index contributed by atoms with van der Waals surface area (Å²) in [5, 5.41) is 13.0. The summed E-state index contributed by atoms with van der Waals surface area (Å²) < 4.78 is 7.43. The van der Waals surface area contributed by atoms with E-state index in [2.05, 4.69) is 39.5 Å². The van der Waals surface area contributed by atoms with Gasteiger partial charge in [0.25, 0.3) is 0 Å². The van der Waals surface area contributed by atoms with Crippen LogP contribution in [0.15, 0.2) is 24.4 Å². The standard InChI is InChI=1S/C19H24N6O/c1-12-8-19(20-2)21-14-10-17(18(26-4)9-13(12)14)25-11-15(22-23-25)16-6-5-7-24(16)3/h8-11,16H,5-7H2,1-4H3,(H,20,21). The molecule has 1 aliphatic rings. The minimum atomic E-state index is 0.339. The molecule has 26 heavy (non-hydrogen) atoms. The summed E-state index contributed by atoms with van der Waals surface area (Å²) in [6, 6.07) is 6.41. The van der Waals surface area contributed by atoms with Gasteiger partial charge in [-0.15, -0.1) is 5.10 Å². The monoisotopic (exact) mass is 352 g/mol. The summed E-state index contributed by atoms with van der Waals surface area (Å²) in [6.07, 6.45) is 4.32. The van der Waals surface area contributed by atoms with Crippen LogP contribution in [0, 0.1) is 6.92 Å². The SMILES string of the molecule is CNc1cc(C)c2cc(OC)c(-n3cc(C4CCCN4C)nn3)cc2n1. The summed E-state index contributed by atoms with van der Waals surface area (Å²) in [5.74, 6) is 1.61. The number of hydrogen-bond donors (Lipinski definition) is 1. The molecule has 7 nitrogen and oxygen atoms in total. The number of benzene rings is 1. The molecule has 1 saturated heterocycles. The van der Waals surface area contributed by atoms with Gasteiger partial charge in [-0.2, -0.15) is 0 Å². The number of hydrogen-bond acceptors (Lipinski definition) is 6.